The zero-order chi connectivity index (χ0) is 23.9. The first-order valence-electron chi connectivity index (χ1n) is 11.8. The largest absolute Gasteiger partial charge is 0.507 e. The summed E-state index contributed by atoms with van der Waals surface area (Å²) in [6, 6.07) is 20.4. The van der Waals surface area contributed by atoms with Crippen LogP contribution < -0.4 is 4.90 Å². The second kappa shape index (κ2) is 8.73. The summed E-state index contributed by atoms with van der Waals surface area (Å²) in [5.41, 5.74) is 4.32. The molecule has 0 aliphatic carbocycles. The van der Waals surface area contributed by atoms with Gasteiger partial charge in [-0.3, -0.25) is 14.6 Å². The number of carbonyl (C=O) groups is 1. The van der Waals surface area contributed by atoms with Gasteiger partial charge in [0, 0.05) is 36.5 Å². The topological polar surface area (TPSA) is 43.8 Å². The van der Waals surface area contributed by atoms with Crippen molar-refractivity contribution in [1.82, 2.24) is 4.90 Å². The van der Waals surface area contributed by atoms with E-state index >= 15 is 0 Å². The zero-order valence-electron chi connectivity index (χ0n) is 19.5. The van der Waals surface area contributed by atoms with Crippen LogP contribution in [0.25, 0.3) is 11.1 Å². The Kier molecular flexibility index (Phi) is 5.74. The van der Waals surface area contributed by atoms with Crippen LogP contribution in [0.15, 0.2) is 78.9 Å². The first-order chi connectivity index (χ1) is 16.4. The maximum absolute atomic E-state index is 13.9. The SMILES string of the molecule is Cc1ccccc1-c1cc(CN2CC[C@]3(C=CC(=O)N3c3cccc(F)c3)C[C@@H]2C)ccc1O. The number of aryl methyl sites for hydroxylation is 1. The van der Waals surface area contributed by atoms with Gasteiger partial charge in [-0.2, -0.15) is 0 Å². The highest BCUT2D eigenvalue weighted by molar-refractivity contribution is 6.06. The van der Waals surface area contributed by atoms with Crippen LogP contribution in [0.2, 0.25) is 0 Å². The average molecular weight is 457 g/mol. The Balaban J connectivity index is 1.36. The third-order valence-electron chi connectivity index (χ3n) is 7.25. The summed E-state index contributed by atoms with van der Waals surface area (Å²) in [6.07, 6.45) is 5.18. The number of likely N-dealkylation sites (tertiary alicyclic amines) is 1. The van der Waals surface area contributed by atoms with Crippen molar-refractivity contribution in [2.24, 2.45) is 0 Å². The van der Waals surface area contributed by atoms with E-state index in [-0.39, 0.29) is 23.5 Å². The van der Waals surface area contributed by atoms with Gasteiger partial charge < -0.3 is 5.11 Å². The molecule has 1 N–H and O–H groups in total. The number of benzene rings is 3. The second-order valence-electron chi connectivity index (χ2n) is 9.53. The molecule has 3 aromatic carbocycles. The van der Waals surface area contributed by atoms with Gasteiger partial charge in [0.15, 0.2) is 0 Å². The van der Waals surface area contributed by atoms with E-state index in [4.69, 9.17) is 0 Å². The van der Waals surface area contributed by atoms with Crippen LogP contribution in [0.5, 0.6) is 5.75 Å². The third-order valence-corrected chi connectivity index (χ3v) is 7.25. The molecule has 1 saturated heterocycles. The minimum atomic E-state index is -0.429. The molecule has 2 heterocycles. The van der Waals surface area contributed by atoms with E-state index in [1.54, 1.807) is 29.2 Å². The van der Waals surface area contributed by atoms with Crippen molar-refractivity contribution in [2.75, 3.05) is 11.4 Å². The summed E-state index contributed by atoms with van der Waals surface area (Å²) in [7, 11) is 0. The van der Waals surface area contributed by atoms with Gasteiger partial charge in [-0.05, 0) is 73.7 Å². The fourth-order valence-corrected chi connectivity index (χ4v) is 5.49. The van der Waals surface area contributed by atoms with E-state index < -0.39 is 5.54 Å². The minimum absolute atomic E-state index is 0.0901. The molecular weight excluding hydrogens is 427 g/mol. The molecule has 2 aliphatic heterocycles. The second-order valence-corrected chi connectivity index (χ2v) is 9.53. The summed E-state index contributed by atoms with van der Waals surface area (Å²) >= 11 is 0. The van der Waals surface area contributed by atoms with E-state index in [0.717, 1.165) is 48.2 Å². The van der Waals surface area contributed by atoms with Gasteiger partial charge >= 0.3 is 0 Å². The molecule has 5 rings (SSSR count). The summed E-state index contributed by atoms with van der Waals surface area (Å²) < 4.78 is 13.9. The van der Waals surface area contributed by atoms with Crippen LogP contribution in [-0.2, 0) is 11.3 Å². The number of carbonyl (C=O) groups excluding carboxylic acids is 1. The first-order valence-corrected chi connectivity index (χ1v) is 11.8. The Morgan fingerprint density at radius 2 is 1.88 bits per heavy atom. The highest BCUT2D eigenvalue weighted by Crippen LogP contribution is 2.41. The van der Waals surface area contributed by atoms with Crippen LogP contribution >= 0.6 is 0 Å². The summed E-state index contributed by atoms with van der Waals surface area (Å²) in [5.74, 6) is -0.147. The number of piperidine rings is 1. The molecule has 0 radical (unpaired) electrons. The molecule has 5 heteroatoms. The van der Waals surface area contributed by atoms with Crippen molar-refractivity contribution in [1.29, 1.82) is 0 Å². The number of phenolic OH excluding ortho intramolecular Hbond substituents is 1. The highest BCUT2D eigenvalue weighted by Gasteiger charge is 2.46. The van der Waals surface area contributed by atoms with Crippen molar-refractivity contribution in [3.63, 3.8) is 0 Å². The van der Waals surface area contributed by atoms with Crippen molar-refractivity contribution in [2.45, 2.75) is 44.8 Å². The van der Waals surface area contributed by atoms with Crippen molar-refractivity contribution < 1.29 is 14.3 Å². The van der Waals surface area contributed by atoms with Crippen LogP contribution in [0.4, 0.5) is 10.1 Å². The van der Waals surface area contributed by atoms with Gasteiger partial charge in [0.05, 0.1) is 5.54 Å². The third kappa shape index (κ3) is 4.01. The Morgan fingerprint density at radius 1 is 1.06 bits per heavy atom. The molecule has 1 fully saturated rings. The Labute approximate surface area is 199 Å². The molecule has 2 atom stereocenters. The lowest BCUT2D eigenvalue weighted by molar-refractivity contribution is -0.114. The average Bonchev–Trinajstić information content (AvgIpc) is 3.12. The minimum Gasteiger partial charge on any atom is -0.507 e. The van der Waals surface area contributed by atoms with Crippen LogP contribution in [0.1, 0.15) is 30.9 Å². The Bertz CT molecular complexity index is 1270. The number of hydrogen-bond donors (Lipinski definition) is 1. The van der Waals surface area contributed by atoms with Crippen LogP contribution in [-0.4, -0.2) is 34.0 Å². The molecular formula is C29H29FN2O2. The highest BCUT2D eigenvalue weighted by atomic mass is 19.1. The van der Waals surface area contributed by atoms with E-state index in [1.807, 2.05) is 43.3 Å². The number of aromatic hydroxyl groups is 1. The standard InChI is InChI=1S/C29H29FN2O2/c1-20-6-3-4-9-25(20)26-16-22(10-11-27(26)33)19-31-15-14-29(18-21(31)2)13-12-28(34)32(29)24-8-5-7-23(30)17-24/h3-13,16-17,21,33H,14-15,18-19H2,1-2H3/t21-,29+/m0/s1. The number of nitrogens with zero attached hydrogens (tertiary/aromatic N) is 2. The fourth-order valence-electron chi connectivity index (χ4n) is 5.49. The lowest BCUT2D eigenvalue weighted by atomic mass is 9.82. The maximum atomic E-state index is 13.9. The van der Waals surface area contributed by atoms with Gasteiger partial charge in [-0.15, -0.1) is 0 Å². The first kappa shape index (κ1) is 22.4. The number of hydrogen-bond acceptors (Lipinski definition) is 3. The number of phenols is 1. The van der Waals surface area contributed by atoms with E-state index in [2.05, 4.69) is 17.9 Å². The van der Waals surface area contributed by atoms with Gasteiger partial charge in [-0.1, -0.05) is 42.5 Å². The van der Waals surface area contributed by atoms with Crippen molar-refractivity contribution >= 4 is 11.6 Å². The van der Waals surface area contributed by atoms with E-state index in [1.165, 1.54) is 12.1 Å². The number of halogens is 1. The molecule has 3 aromatic rings. The van der Waals surface area contributed by atoms with E-state index in [0.29, 0.717) is 5.69 Å². The predicted molar refractivity (Wildman–Crippen MR) is 133 cm³/mol. The maximum Gasteiger partial charge on any atom is 0.251 e. The van der Waals surface area contributed by atoms with Crippen molar-refractivity contribution in [3.8, 4) is 16.9 Å². The summed E-state index contributed by atoms with van der Waals surface area (Å²) in [4.78, 5) is 16.9. The molecule has 0 aromatic heterocycles. The molecule has 174 valence electrons. The molecule has 2 aliphatic rings. The summed E-state index contributed by atoms with van der Waals surface area (Å²) in [5, 5.41) is 10.5. The monoisotopic (exact) mass is 456 g/mol. The quantitative estimate of drug-likeness (QED) is 0.537. The lowest BCUT2D eigenvalue weighted by Crippen LogP contribution is -2.56. The smallest absolute Gasteiger partial charge is 0.251 e. The van der Waals surface area contributed by atoms with Crippen LogP contribution in [0, 0.1) is 12.7 Å². The predicted octanol–water partition coefficient (Wildman–Crippen LogP) is 5.83. The molecule has 0 unspecified atom stereocenters. The molecule has 1 spiro atoms. The number of rotatable bonds is 4. The fraction of sp³-hybridized carbons (Fsp3) is 0.276. The van der Waals surface area contributed by atoms with Gasteiger partial charge in [0.25, 0.3) is 5.91 Å². The normalized spacial score (nSPS) is 22.6. The van der Waals surface area contributed by atoms with Gasteiger partial charge in [-0.25, -0.2) is 4.39 Å². The Morgan fingerprint density at radius 3 is 2.65 bits per heavy atom. The van der Waals surface area contributed by atoms with Gasteiger partial charge in [0.2, 0.25) is 0 Å². The molecule has 34 heavy (non-hydrogen) atoms. The lowest BCUT2D eigenvalue weighted by Gasteiger charge is -2.47. The molecule has 4 nitrogen and oxygen atoms in total. The molecule has 1 amide bonds. The van der Waals surface area contributed by atoms with Crippen molar-refractivity contribution in [3.05, 3.63) is 95.8 Å². The Hall–Kier alpha value is -3.44. The van der Waals surface area contributed by atoms with Crippen LogP contribution in [0.3, 0.4) is 0 Å². The summed E-state index contributed by atoms with van der Waals surface area (Å²) in [6.45, 7) is 5.80. The molecule has 0 saturated carbocycles. The van der Waals surface area contributed by atoms with Gasteiger partial charge in [0.1, 0.15) is 11.6 Å². The number of amides is 1. The zero-order valence-corrected chi connectivity index (χ0v) is 19.5. The van der Waals surface area contributed by atoms with E-state index in [9.17, 15) is 14.3 Å². The number of anilines is 1. The molecule has 0 bridgehead atoms.